The van der Waals surface area contributed by atoms with Crippen molar-refractivity contribution in [2.24, 2.45) is 5.73 Å². The lowest BCUT2D eigenvalue weighted by molar-refractivity contribution is 0.0712. The molecule has 1 saturated heterocycles. The standard InChI is InChI=1S/C22H30N2O2S2/c1-27-20-12-19(13-21(14-20)28(2,3)26)22(25)24-9-7-17(8-10-24)18-6-4-5-16(11-18)15-23/h4-6,11-14,17,28H,7-10,15,23H2,1-3H3. The summed E-state index contributed by atoms with van der Waals surface area (Å²) in [7, 11) is -2.42. The van der Waals surface area contributed by atoms with Crippen LogP contribution in [-0.2, 0) is 16.5 Å². The number of carbonyl (C=O) groups excluding carboxylic acids is 1. The maximum atomic E-state index is 13.1. The van der Waals surface area contributed by atoms with Gasteiger partial charge in [-0.2, -0.15) is 0 Å². The number of likely N-dealkylation sites (tertiary alicyclic amines) is 1. The molecule has 0 unspecified atom stereocenters. The van der Waals surface area contributed by atoms with Gasteiger partial charge in [0, 0.05) is 35.0 Å². The summed E-state index contributed by atoms with van der Waals surface area (Å²) in [6.07, 6.45) is 7.39. The van der Waals surface area contributed by atoms with Crippen LogP contribution in [-0.4, -0.2) is 46.9 Å². The van der Waals surface area contributed by atoms with Crippen LogP contribution in [0.4, 0.5) is 0 Å². The molecule has 28 heavy (non-hydrogen) atoms. The van der Waals surface area contributed by atoms with Gasteiger partial charge in [-0.15, -0.1) is 11.8 Å². The van der Waals surface area contributed by atoms with Gasteiger partial charge in [-0.1, -0.05) is 34.2 Å². The Labute approximate surface area is 173 Å². The Balaban J connectivity index is 1.74. The lowest BCUT2D eigenvalue weighted by Gasteiger charge is -2.32. The Kier molecular flexibility index (Phi) is 6.63. The molecule has 152 valence electrons. The van der Waals surface area contributed by atoms with E-state index in [1.165, 1.54) is 5.56 Å². The molecular formula is C22H30N2O2S2. The van der Waals surface area contributed by atoms with Crippen LogP contribution in [0.15, 0.2) is 52.3 Å². The number of nitrogens with zero attached hydrogens (tertiary/aromatic N) is 1. The van der Waals surface area contributed by atoms with Crippen LogP contribution in [0.1, 0.15) is 40.2 Å². The second-order valence-corrected chi connectivity index (χ2v) is 11.9. The third-order valence-corrected chi connectivity index (χ3v) is 7.64. The van der Waals surface area contributed by atoms with Crippen molar-refractivity contribution in [3.63, 3.8) is 0 Å². The Bertz CT molecular complexity index is 899. The summed E-state index contributed by atoms with van der Waals surface area (Å²) in [5, 5.41) is 0. The van der Waals surface area contributed by atoms with E-state index in [9.17, 15) is 9.00 Å². The number of benzene rings is 2. The van der Waals surface area contributed by atoms with E-state index < -0.39 is 9.93 Å². The van der Waals surface area contributed by atoms with Crippen LogP contribution in [0.25, 0.3) is 0 Å². The summed E-state index contributed by atoms with van der Waals surface area (Å²) in [6.45, 7) is 2.04. The molecule has 0 radical (unpaired) electrons. The van der Waals surface area contributed by atoms with Gasteiger partial charge in [0.05, 0.1) is 0 Å². The first kappa shape index (κ1) is 21.1. The number of piperidine rings is 1. The second kappa shape index (κ2) is 8.80. The zero-order valence-electron chi connectivity index (χ0n) is 16.9. The third kappa shape index (κ3) is 4.85. The predicted molar refractivity (Wildman–Crippen MR) is 120 cm³/mol. The Hall–Kier alpha value is -1.63. The second-order valence-electron chi connectivity index (χ2n) is 7.79. The van der Waals surface area contributed by atoms with Gasteiger partial charge in [0.2, 0.25) is 0 Å². The minimum atomic E-state index is -2.42. The Morgan fingerprint density at radius 3 is 2.50 bits per heavy atom. The molecule has 2 N–H and O–H groups in total. The largest absolute Gasteiger partial charge is 0.339 e. The van der Waals surface area contributed by atoms with Crippen molar-refractivity contribution in [3.05, 3.63) is 59.2 Å². The normalized spacial score (nSPS) is 16.2. The average Bonchev–Trinajstić information content (AvgIpc) is 2.72. The van der Waals surface area contributed by atoms with Gasteiger partial charge in [-0.3, -0.25) is 9.00 Å². The summed E-state index contributed by atoms with van der Waals surface area (Å²) < 4.78 is 12.5. The molecule has 1 aliphatic heterocycles. The lowest BCUT2D eigenvalue weighted by Crippen LogP contribution is -2.38. The molecule has 0 bridgehead atoms. The van der Waals surface area contributed by atoms with Gasteiger partial charge >= 0.3 is 0 Å². The highest BCUT2D eigenvalue weighted by molar-refractivity contribution is 8.01. The van der Waals surface area contributed by atoms with Gasteiger partial charge in [0.25, 0.3) is 5.91 Å². The average molecular weight is 419 g/mol. The molecule has 1 fully saturated rings. The molecule has 1 amide bonds. The summed E-state index contributed by atoms with van der Waals surface area (Å²) in [5.41, 5.74) is 8.89. The highest BCUT2D eigenvalue weighted by Gasteiger charge is 2.25. The third-order valence-electron chi connectivity index (χ3n) is 5.44. The molecule has 0 aliphatic carbocycles. The van der Waals surface area contributed by atoms with E-state index in [4.69, 9.17) is 5.73 Å². The Morgan fingerprint density at radius 2 is 1.89 bits per heavy atom. The van der Waals surface area contributed by atoms with Gasteiger partial charge in [-0.25, -0.2) is 0 Å². The number of thioether (sulfide) groups is 1. The fraction of sp³-hybridized carbons (Fsp3) is 0.409. The summed E-state index contributed by atoms with van der Waals surface area (Å²) in [4.78, 5) is 16.8. The van der Waals surface area contributed by atoms with Crippen molar-refractivity contribution < 1.29 is 9.00 Å². The SMILES string of the molecule is CSc1cc(C(=O)N2CCC(c3cccc(CN)c3)CC2)cc([SH](C)(C)=O)c1. The van der Waals surface area contributed by atoms with E-state index in [-0.39, 0.29) is 5.91 Å². The van der Waals surface area contributed by atoms with Gasteiger partial charge in [0.1, 0.15) is 0 Å². The smallest absolute Gasteiger partial charge is 0.253 e. The van der Waals surface area contributed by atoms with Crippen molar-refractivity contribution in [2.75, 3.05) is 31.9 Å². The number of amides is 1. The number of rotatable bonds is 5. The van der Waals surface area contributed by atoms with E-state index >= 15 is 0 Å². The van der Waals surface area contributed by atoms with E-state index in [2.05, 4.69) is 24.3 Å². The summed E-state index contributed by atoms with van der Waals surface area (Å²) >= 11 is 1.58. The molecule has 2 aromatic rings. The molecule has 1 aliphatic rings. The summed E-state index contributed by atoms with van der Waals surface area (Å²) in [5.74, 6) is 0.509. The minimum absolute atomic E-state index is 0.0414. The quantitative estimate of drug-likeness (QED) is 0.576. The molecular weight excluding hydrogens is 388 g/mol. The Morgan fingerprint density at radius 1 is 1.18 bits per heavy atom. The van der Waals surface area contributed by atoms with Gasteiger partial charge in [0.15, 0.2) is 0 Å². The van der Waals surface area contributed by atoms with Gasteiger partial charge in [-0.05, 0) is 66.9 Å². The maximum Gasteiger partial charge on any atom is 0.253 e. The molecule has 4 nitrogen and oxygen atoms in total. The summed E-state index contributed by atoms with van der Waals surface area (Å²) in [6, 6.07) is 14.2. The van der Waals surface area contributed by atoms with E-state index in [0.29, 0.717) is 18.0 Å². The van der Waals surface area contributed by atoms with Crippen LogP contribution in [0.5, 0.6) is 0 Å². The fourth-order valence-corrected chi connectivity index (χ4v) is 5.19. The first-order valence-corrected chi connectivity index (χ1v) is 13.5. The van der Waals surface area contributed by atoms with Crippen LogP contribution < -0.4 is 5.73 Å². The van der Waals surface area contributed by atoms with Crippen LogP contribution in [0.3, 0.4) is 0 Å². The minimum Gasteiger partial charge on any atom is -0.339 e. The molecule has 2 aromatic carbocycles. The number of hydrogen-bond donors (Lipinski definition) is 2. The molecule has 6 heteroatoms. The molecule has 0 atom stereocenters. The topological polar surface area (TPSA) is 63.4 Å². The van der Waals surface area contributed by atoms with Crippen LogP contribution in [0.2, 0.25) is 0 Å². The highest BCUT2D eigenvalue weighted by atomic mass is 32.2. The van der Waals surface area contributed by atoms with Crippen molar-refractivity contribution >= 4 is 27.6 Å². The van der Waals surface area contributed by atoms with Crippen molar-refractivity contribution in [1.82, 2.24) is 4.90 Å². The van der Waals surface area contributed by atoms with Crippen LogP contribution >= 0.6 is 11.8 Å². The molecule has 0 aromatic heterocycles. The zero-order chi connectivity index (χ0) is 20.3. The first-order chi connectivity index (χ1) is 13.3. The monoisotopic (exact) mass is 418 g/mol. The van der Waals surface area contributed by atoms with E-state index in [0.717, 1.165) is 41.3 Å². The predicted octanol–water partition coefficient (Wildman–Crippen LogP) is 3.52. The van der Waals surface area contributed by atoms with Crippen molar-refractivity contribution in [3.8, 4) is 0 Å². The van der Waals surface area contributed by atoms with E-state index in [1.54, 1.807) is 24.3 Å². The number of hydrogen-bond acceptors (Lipinski definition) is 4. The fourth-order valence-electron chi connectivity index (χ4n) is 3.71. The van der Waals surface area contributed by atoms with E-state index in [1.807, 2.05) is 29.4 Å². The lowest BCUT2D eigenvalue weighted by atomic mass is 9.88. The maximum absolute atomic E-state index is 13.1. The van der Waals surface area contributed by atoms with Gasteiger partial charge < -0.3 is 10.6 Å². The molecule has 0 spiro atoms. The van der Waals surface area contributed by atoms with Crippen molar-refractivity contribution in [1.29, 1.82) is 0 Å². The van der Waals surface area contributed by atoms with Crippen LogP contribution in [0, 0.1) is 0 Å². The number of nitrogens with two attached hydrogens (primary N) is 1. The number of thiol groups is 1. The highest BCUT2D eigenvalue weighted by Crippen LogP contribution is 2.30. The molecule has 0 saturated carbocycles. The van der Waals surface area contributed by atoms with Crippen molar-refractivity contribution in [2.45, 2.75) is 35.1 Å². The molecule has 3 rings (SSSR count). The molecule has 1 heterocycles. The number of carbonyl (C=O) groups is 1. The first-order valence-electron chi connectivity index (χ1n) is 9.64. The zero-order valence-corrected chi connectivity index (χ0v) is 18.6.